The molecule has 104 valence electrons. The maximum atomic E-state index is 12.2. The summed E-state index contributed by atoms with van der Waals surface area (Å²) in [5.41, 5.74) is 6.48. The van der Waals surface area contributed by atoms with Crippen molar-refractivity contribution in [3.05, 3.63) is 45.5 Å². The normalized spacial score (nSPS) is 10.2. The van der Waals surface area contributed by atoms with Crippen molar-refractivity contribution in [1.82, 2.24) is 4.98 Å². The third kappa shape index (κ3) is 3.40. The lowest BCUT2D eigenvalue weighted by Crippen LogP contribution is -2.13. The van der Waals surface area contributed by atoms with Crippen LogP contribution in [0.5, 0.6) is 5.75 Å². The lowest BCUT2D eigenvalue weighted by molar-refractivity contribution is 0.102. The number of methoxy groups -OCH3 is 1. The quantitative estimate of drug-likeness (QED) is 0.827. The number of benzene rings is 1. The fraction of sp³-hybridized carbons (Fsp3) is 0.0769. The molecule has 2 aromatic rings. The number of hydrogen-bond acceptors (Lipinski definition) is 4. The van der Waals surface area contributed by atoms with Gasteiger partial charge in [0.25, 0.3) is 5.91 Å². The van der Waals surface area contributed by atoms with Gasteiger partial charge in [-0.15, -0.1) is 0 Å². The molecule has 0 spiro atoms. The molecule has 3 N–H and O–H groups in total. The maximum Gasteiger partial charge on any atom is 0.255 e. The summed E-state index contributed by atoms with van der Waals surface area (Å²) in [6.45, 7) is 0. The van der Waals surface area contributed by atoms with Gasteiger partial charge in [0.15, 0.2) is 0 Å². The van der Waals surface area contributed by atoms with Gasteiger partial charge in [0.1, 0.15) is 16.7 Å². The van der Waals surface area contributed by atoms with E-state index in [4.69, 9.17) is 22.1 Å². The van der Waals surface area contributed by atoms with E-state index >= 15 is 0 Å². The fourth-order valence-electron chi connectivity index (χ4n) is 1.57. The highest BCUT2D eigenvalue weighted by Gasteiger charge is 2.11. The molecule has 0 bridgehead atoms. The number of halogens is 2. The second-order valence-electron chi connectivity index (χ2n) is 3.90. The Morgan fingerprint density at radius 3 is 2.80 bits per heavy atom. The number of nitrogens with one attached hydrogen (secondary N) is 1. The molecule has 1 heterocycles. The van der Waals surface area contributed by atoms with Crippen LogP contribution in [0.25, 0.3) is 0 Å². The molecule has 2 rings (SSSR count). The predicted octanol–water partition coefficient (Wildman–Crippen LogP) is 3.34. The average Bonchev–Trinajstić information content (AvgIpc) is 2.40. The highest BCUT2D eigenvalue weighted by molar-refractivity contribution is 9.10. The third-order valence-electron chi connectivity index (χ3n) is 2.50. The molecule has 0 unspecified atom stereocenters. The molecule has 1 aromatic carbocycles. The zero-order valence-corrected chi connectivity index (χ0v) is 12.8. The molecule has 5 nitrogen and oxygen atoms in total. The number of carbonyl (C=O) groups is 1. The van der Waals surface area contributed by atoms with Gasteiger partial charge < -0.3 is 15.8 Å². The van der Waals surface area contributed by atoms with Gasteiger partial charge in [0.2, 0.25) is 0 Å². The number of ether oxygens (including phenoxy) is 1. The lowest BCUT2D eigenvalue weighted by atomic mass is 10.2. The molecule has 0 aliphatic carbocycles. The molecule has 7 heteroatoms. The molecule has 20 heavy (non-hydrogen) atoms. The average molecular weight is 357 g/mol. The van der Waals surface area contributed by atoms with Gasteiger partial charge >= 0.3 is 0 Å². The van der Waals surface area contributed by atoms with Gasteiger partial charge in [-0.2, -0.15) is 0 Å². The highest BCUT2D eigenvalue weighted by atomic mass is 79.9. The third-order valence-corrected chi connectivity index (χ3v) is 3.38. The Bertz CT molecular complexity index is 644. The van der Waals surface area contributed by atoms with Crippen molar-refractivity contribution in [3.8, 4) is 5.75 Å². The van der Waals surface area contributed by atoms with E-state index in [1.165, 1.54) is 12.1 Å². The second kappa shape index (κ2) is 6.11. The van der Waals surface area contributed by atoms with Gasteiger partial charge in [-0.25, -0.2) is 4.98 Å². The summed E-state index contributed by atoms with van der Waals surface area (Å²) < 4.78 is 5.85. The molecule has 0 saturated heterocycles. The summed E-state index contributed by atoms with van der Waals surface area (Å²) in [5.74, 6) is 0.484. The van der Waals surface area contributed by atoms with Crippen molar-refractivity contribution in [2.24, 2.45) is 0 Å². The first-order chi connectivity index (χ1) is 9.49. The van der Waals surface area contributed by atoms with Crippen molar-refractivity contribution >= 4 is 44.9 Å². The molecular formula is C13H11BrClN3O2. The van der Waals surface area contributed by atoms with E-state index in [0.29, 0.717) is 17.0 Å². The monoisotopic (exact) mass is 355 g/mol. The van der Waals surface area contributed by atoms with Crippen molar-refractivity contribution in [2.75, 3.05) is 18.2 Å². The van der Waals surface area contributed by atoms with Crippen molar-refractivity contribution in [1.29, 1.82) is 0 Å². The first kappa shape index (κ1) is 14.6. The fourth-order valence-corrected chi connectivity index (χ4v) is 2.13. The van der Waals surface area contributed by atoms with Gasteiger partial charge in [-0.3, -0.25) is 4.79 Å². The van der Waals surface area contributed by atoms with Crippen LogP contribution in [0.2, 0.25) is 5.15 Å². The van der Waals surface area contributed by atoms with Crippen LogP contribution in [0.3, 0.4) is 0 Å². The Labute approximate surface area is 129 Å². The van der Waals surface area contributed by atoms with Crippen LogP contribution in [0.1, 0.15) is 10.4 Å². The van der Waals surface area contributed by atoms with Gasteiger partial charge in [-0.05, 0) is 40.2 Å². The number of nitrogen functional groups attached to an aromatic ring is 1. The molecule has 0 fully saturated rings. The van der Waals surface area contributed by atoms with Crippen LogP contribution in [0, 0.1) is 0 Å². The van der Waals surface area contributed by atoms with Crippen molar-refractivity contribution in [3.63, 3.8) is 0 Å². The summed E-state index contributed by atoms with van der Waals surface area (Å²) >= 11 is 9.13. The molecule has 1 amide bonds. The number of rotatable bonds is 3. The molecule has 0 saturated carbocycles. The van der Waals surface area contributed by atoms with Gasteiger partial charge in [0.05, 0.1) is 12.8 Å². The maximum absolute atomic E-state index is 12.2. The minimum absolute atomic E-state index is 0.167. The van der Waals surface area contributed by atoms with Crippen molar-refractivity contribution in [2.45, 2.75) is 0 Å². The first-order valence-electron chi connectivity index (χ1n) is 5.57. The lowest BCUT2D eigenvalue weighted by Gasteiger charge is -2.09. The topological polar surface area (TPSA) is 77.2 Å². The predicted molar refractivity (Wildman–Crippen MR) is 82.3 cm³/mol. The van der Waals surface area contributed by atoms with E-state index in [1.54, 1.807) is 25.3 Å². The van der Waals surface area contributed by atoms with E-state index < -0.39 is 0 Å². The number of nitrogens with zero attached hydrogens (tertiary/aromatic N) is 1. The molecular weight excluding hydrogens is 346 g/mol. The number of nitrogens with two attached hydrogens (primary N) is 1. The number of amides is 1. The standard InChI is InChI=1S/C13H11BrClN3O2/c1-20-8-2-3-9(14)10(6-8)17-13(19)7-4-11(15)18-12(16)5-7/h2-6H,1H3,(H2,16,18)(H,17,19). The molecule has 0 radical (unpaired) electrons. The Morgan fingerprint density at radius 2 is 2.15 bits per heavy atom. The van der Waals surface area contributed by atoms with E-state index in [-0.39, 0.29) is 16.9 Å². The second-order valence-corrected chi connectivity index (χ2v) is 5.14. The Kier molecular flexibility index (Phi) is 4.46. The Balaban J connectivity index is 2.27. The van der Waals surface area contributed by atoms with Crippen LogP contribution in [-0.2, 0) is 0 Å². The summed E-state index contributed by atoms with van der Waals surface area (Å²) in [7, 11) is 1.55. The van der Waals surface area contributed by atoms with E-state index in [2.05, 4.69) is 26.2 Å². The zero-order valence-electron chi connectivity index (χ0n) is 10.5. The van der Waals surface area contributed by atoms with Crippen molar-refractivity contribution < 1.29 is 9.53 Å². The summed E-state index contributed by atoms with van der Waals surface area (Å²) in [6, 6.07) is 8.16. The molecule has 0 aliphatic heterocycles. The summed E-state index contributed by atoms with van der Waals surface area (Å²) in [6.07, 6.45) is 0. The smallest absolute Gasteiger partial charge is 0.255 e. The Morgan fingerprint density at radius 1 is 1.40 bits per heavy atom. The van der Waals surface area contributed by atoms with E-state index in [1.807, 2.05) is 0 Å². The SMILES string of the molecule is COc1ccc(Br)c(NC(=O)c2cc(N)nc(Cl)c2)c1. The summed E-state index contributed by atoms with van der Waals surface area (Å²) in [4.78, 5) is 16.0. The highest BCUT2D eigenvalue weighted by Crippen LogP contribution is 2.27. The minimum atomic E-state index is -0.338. The number of pyridine rings is 1. The van der Waals surface area contributed by atoms with Crippen LogP contribution in [0.15, 0.2) is 34.8 Å². The van der Waals surface area contributed by atoms with E-state index in [0.717, 1.165) is 4.47 Å². The van der Waals surface area contributed by atoms with E-state index in [9.17, 15) is 4.79 Å². The van der Waals surface area contributed by atoms with Gasteiger partial charge in [0, 0.05) is 16.1 Å². The van der Waals surface area contributed by atoms with Crippen LogP contribution < -0.4 is 15.8 Å². The first-order valence-corrected chi connectivity index (χ1v) is 6.74. The van der Waals surface area contributed by atoms with Crippen LogP contribution in [-0.4, -0.2) is 18.0 Å². The van der Waals surface area contributed by atoms with Crippen LogP contribution >= 0.6 is 27.5 Å². The number of hydrogen-bond donors (Lipinski definition) is 2. The Hall–Kier alpha value is -1.79. The van der Waals surface area contributed by atoms with Gasteiger partial charge in [-0.1, -0.05) is 11.6 Å². The molecule has 0 atom stereocenters. The molecule has 1 aromatic heterocycles. The van der Waals surface area contributed by atoms with Crippen LogP contribution in [0.4, 0.5) is 11.5 Å². The number of aromatic nitrogens is 1. The number of carbonyl (C=O) groups excluding carboxylic acids is 1. The zero-order chi connectivity index (χ0) is 14.7. The summed E-state index contributed by atoms with van der Waals surface area (Å²) in [5, 5.41) is 2.91. The minimum Gasteiger partial charge on any atom is -0.497 e. The number of anilines is 2. The molecule has 0 aliphatic rings. The largest absolute Gasteiger partial charge is 0.497 e.